The van der Waals surface area contributed by atoms with E-state index < -0.39 is 17.2 Å². The Labute approximate surface area is 146 Å². The number of carbonyl (C=O) groups is 1. The molecular formula is C18H24F2N2O3. The third-order valence-corrected chi connectivity index (χ3v) is 4.86. The highest BCUT2D eigenvalue weighted by atomic mass is 19.2. The molecule has 2 fully saturated rings. The van der Waals surface area contributed by atoms with Gasteiger partial charge in [-0.3, -0.25) is 9.69 Å². The molecule has 0 radical (unpaired) electrons. The van der Waals surface area contributed by atoms with Crippen LogP contribution >= 0.6 is 0 Å². The maximum Gasteiger partial charge on any atom is 0.256 e. The molecule has 0 aromatic heterocycles. The Morgan fingerprint density at radius 1 is 1.12 bits per heavy atom. The van der Waals surface area contributed by atoms with E-state index in [9.17, 15) is 18.7 Å². The van der Waals surface area contributed by atoms with Crippen LogP contribution in [0.1, 0.15) is 24.8 Å². The Bertz CT molecular complexity index is 620. The molecule has 2 aliphatic rings. The van der Waals surface area contributed by atoms with Crippen LogP contribution in [0.3, 0.4) is 0 Å². The second-order valence-electron chi connectivity index (χ2n) is 6.85. The van der Waals surface area contributed by atoms with Gasteiger partial charge in [-0.05, 0) is 37.0 Å². The Morgan fingerprint density at radius 3 is 2.76 bits per heavy atom. The summed E-state index contributed by atoms with van der Waals surface area (Å²) in [5, 5.41) is 10.9. The Morgan fingerprint density at radius 2 is 1.96 bits per heavy atom. The number of amides is 1. The molecule has 1 aromatic carbocycles. The van der Waals surface area contributed by atoms with Gasteiger partial charge in [0.2, 0.25) is 0 Å². The normalized spacial score (nSPS) is 25.9. The van der Waals surface area contributed by atoms with Crippen molar-refractivity contribution >= 4 is 5.91 Å². The SMILES string of the molecule is O=C1N(Cc2ccc(F)c(F)c2)CCCC1(O)CN1CCCOCC1. The summed E-state index contributed by atoms with van der Waals surface area (Å²) in [5.41, 5.74) is -0.916. The molecule has 138 valence electrons. The van der Waals surface area contributed by atoms with Crippen molar-refractivity contribution < 1.29 is 23.4 Å². The molecule has 2 saturated heterocycles. The lowest BCUT2D eigenvalue weighted by Gasteiger charge is -2.40. The van der Waals surface area contributed by atoms with Crippen molar-refractivity contribution in [2.45, 2.75) is 31.4 Å². The minimum atomic E-state index is -1.43. The zero-order valence-corrected chi connectivity index (χ0v) is 14.2. The number of nitrogens with zero attached hydrogens (tertiary/aromatic N) is 2. The summed E-state index contributed by atoms with van der Waals surface area (Å²) in [6.45, 7) is 3.74. The van der Waals surface area contributed by atoms with Crippen LogP contribution in [-0.4, -0.2) is 65.8 Å². The number of rotatable bonds is 4. The number of hydrogen-bond donors (Lipinski definition) is 1. The number of halogens is 2. The lowest BCUT2D eigenvalue weighted by molar-refractivity contribution is -0.160. The van der Waals surface area contributed by atoms with Gasteiger partial charge in [-0.2, -0.15) is 0 Å². The average molecular weight is 354 g/mol. The van der Waals surface area contributed by atoms with E-state index in [0.29, 0.717) is 44.7 Å². The number of β-amino-alcohol motifs (C(OH)–C–C–N with tert-alkyl or cyclic N) is 1. The molecule has 7 heteroatoms. The molecule has 0 bridgehead atoms. The number of ether oxygens (including phenoxy) is 1. The Balaban J connectivity index is 1.67. The first-order valence-electron chi connectivity index (χ1n) is 8.74. The van der Waals surface area contributed by atoms with Crippen molar-refractivity contribution in [1.29, 1.82) is 0 Å². The molecule has 5 nitrogen and oxygen atoms in total. The van der Waals surface area contributed by atoms with Crippen molar-refractivity contribution in [2.75, 3.05) is 39.4 Å². The second kappa shape index (κ2) is 7.76. The van der Waals surface area contributed by atoms with Crippen LogP contribution in [0.4, 0.5) is 8.78 Å². The molecule has 0 spiro atoms. The Hall–Kier alpha value is -1.57. The summed E-state index contributed by atoms with van der Waals surface area (Å²) in [4.78, 5) is 16.4. The van der Waals surface area contributed by atoms with Gasteiger partial charge in [0.05, 0.1) is 6.61 Å². The van der Waals surface area contributed by atoms with E-state index in [1.807, 2.05) is 0 Å². The highest BCUT2D eigenvalue weighted by Gasteiger charge is 2.43. The molecule has 3 rings (SSSR count). The van der Waals surface area contributed by atoms with Gasteiger partial charge in [-0.15, -0.1) is 0 Å². The van der Waals surface area contributed by atoms with Gasteiger partial charge < -0.3 is 14.7 Å². The predicted octanol–water partition coefficient (Wildman–Crippen LogP) is 1.54. The van der Waals surface area contributed by atoms with Gasteiger partial charge in [-0.25, -0.2) is 8.78 Å². The van der Waals surface area contributed by atoms with Gasteiger partial charge in [0.25, 0.3) is 5.91 Å². The highest BCUT2D eigenvalue weighted by Crippen LogP contribution is 2.26. The first kappa shape index (κ1) is 18.2. The molecule has 2 aliphatic heterocycles. The molecular weight excluding hydrogens is 330 g/mol. The molecule has 1 unspecified atom stereocenters. The van der Waals surface area contributed by atoms with Crippen LogP contribution < -0.4 is 0 Å². The summed E-state index contributed by atoms with van der Waals surface area (Å²) in [6.07, 6.45) is 1.97. The fourth-order valence-corrected chi connectivity index (χ4v) is 3.55. The van der Waals surface area contributed by atoms with Crippen LogP contribution in [0, 0.1) is 11.6 Å². The maximum atomic E-state index is 13.4. The second-order valence-corrected chi connectivity index (χ2v) is 6.85. The largest absolute Gasteiger partial charge is 0.380 e. The summed E-state index contributed by atoms with van der Waals surface area (Å²) in [6, 6.07) is 3.62. The summed E-state index contributed by atoms with van der Waals surface area (Å²) < 4.78 is 31.9. The molecule has 1 amide bonds. The number of benzene rings is 1. The number of hydrogen-bond acceptors (Lipinski definition) is 4. The van der Waals surface area contributed by atoms with Crippen LogP contribution in [-0.2, 0) is 16.1 Å². The molecule has 25 heavy (non-hydrogen) atoms. The molecule has 1 N–H and O–H groups in total. The van der Waals surface area contributed by atoms with Gasteiger partial charge in [0, 0.05) is 39.3 Å². The smallest absolute Gasteiger partial charge is 0.256 e. The summed E-state index contributed by atoms with van der Waals surface area (Å²) in [7, 11) is 0. The molecule has 0 aliphatic carbocycles. The number of piperidine rings is 1. The fourth-order valence-electron chi connectivity index (χ4n) is 3.55. The maximum absolute atomic E-state index is 13.4. The first-order valence-corrected chi connectivity index (χ1v) is 8.74. The van der Waals surface area contributed by atoms with Gasteiger partial charge in [-0.1, -0.05) is 6.07 Å². The van der Waals surface area contributed by atoms with Crippen LogP contribution in [0.15, 0.2) is 18.2 Å². The van der Waals surface area contributed by atoms with Gasteiger partial charge in [0.15, 0.2) is 17.2 Å². The predicted molar refractivity (Wildman–Crippen MR) is 87.8 cm³/mol. The first-order chi connectivity index (χ1) is 12.0. The van der Waals surface area contributed by atoms with Gasteiger partial charge >= 0.3 is 0 Å². The van der Waals surface area contributed by atoms with Crippen LogP contribution in [0.25, 0.3) is 0 Å². The molecule has 1 atom stereocenters. The standard InChI is InChI=1S/C18H24F2N2O3/c19-15-4-3-14(11-16(15)20)12-22-7-1-5-18(24,17(22)23)13-21-6-2-9-25-10-8-21/h3-4,11,24H,1-2,5-10,12-13H2. The Kier molecular flexibility index (Phi) is 5.66. The number of aliphatic hydroxyl groups is 1. The van der Waals surface area contributed by atoms with Crippen molar-refractivity contribution in [1.82, 2.24) is 9.80 Å². The van der Waals surface area contributed by atoms with Crippen molar-refractivity contribution in [3.63, 3.8) is 0 Å². The lowest BCUT2D eigenvalue weighted by atomic mass is 9.90. The zero-order chi connectivity index (χ0) is 17.9. The highest BCUT2D eigenvalue weighted by molar-refractivity contribution is 5.86. The van der Waals surface area contributed by atoms with E-state index >= 15 is 0 Å². The number of carbonyl (C=O) groups excluding carboxylic acids is 1. The lowest BCUT2D eigenvalue weighted by Crippen LogP contribution is -2.58. The van der Waals surface area contributed by atoms with Crippen molar-refractivity contribution in [3.8, 4) is 0 Å². The van der Waals surface area contributed by atoms with Crippen molar-refractivity contribution in [2.24, 2.45) is 0 Å². The van der Waals surface area contributed by atoms with E-state index in [1.165, 1.54) is 11.0 Å². The van der Waals surface area contributed by atoms with E-state index in [2.05, 4.69) is 4.90 Å². The summed E-state index contributed by atoms with van der Waals surface area (Å²) in [5.74, 6) is -2.18. The quantitative estimate of drug-likeness (QED) is 0.891. The third kappa shape index (κ3) is 4.34. The van der Waals surface area contributed by atoms with E-state index in [4.69, 9.17) is 4.74 Å². The third-order valence-electron chi connectivity index (χ3n) is 4.86. The van der Waals surface area contributed by atoms with Crippen LogP contribution in [0.2, 0.25) is 0 Å². The molecule has 2 heterocycles. The van der Waals surface area contributed by atoms with E-state index in [0.717, 1.165) is 25.1 Å². The minimum Gasteiger partial charge on any atom is -0.380 e. The zero-order valence-electron chi connectivity index (χ0n) is 14.2. The van der Waals surface area contributed by atoms with E-state index in [-0.39, 0.29) is 19.0 Å². The van der Waals surface area contributed by atoms with E-state index in [1.54, 1.807) is 0 Å². The average Bonchev–Trinajstić information content (AvgIpc) is 2.84. The monoisotopic (exact) mass is 354 g/mol. The summed E-state index contributed by atoms with van der Waals surface area (Å²) >= 11 is 0. The molecule has 1 aromatic rings. The van der Waals surface area contributed by atoms with Gasteiger partial charge in [0.1, 0.15) is 0 Å². The molecule has 0 saturated carbocycles. The fraction of sp³-hybridized carbons (Fsp3) is 0.611. The minimum absolute atomic E-state index is 0.168. The van der Waals surface area contributed by atoms with Crippen LogP contribution in [0.5, 0.6) is 0 Å². The number of likely N-dealkylation sites (tertiary alicyclic amines) is 1. The van der Waals surface area contributed by atoms with Crippen molar-refractivity contribution in [3.05, 3.63) is 35.4 Å². The topological polar surface area (TPSA) is 53.0 Å².